The molecule has 54 heavy (non-hydrogen) atoms. The Morgan fingerprint density at radius 1 is 0.648 bits per heavy atom. The molecule has 0 N–H and O–H groups in total. The molecule has 0 saturated heterocycles. The van der Waals surface area contributed by atoms with E-state index >= 15 is 0 Å². The maximum atomic E-state index is 5.21. The van der Waals surface area contributed by atoms with Crippen LogP contribution in [0, 0.1) is 12.1 Å². The predicted molar refractivity (Wildman–Crippen MR) is 223 cm³/mol. The van der Waals surface area contributed by atoms with E-state index in [1.807, 2.05) is 42.6 Å². The molecule has 1 aliphatic rings. The number of imidazole rings is 1. The Labute approximate surface area is 330 Å². The van der Waals surface area contributed by atoms with Gasteiger partial charge in [-0.15, -0.1) is 35.0 Å². The van der Waals surface area contributed by atoms with Crippen molar-refractivity contribution in [2.45, 2.75) is 39.5 Å². The fraction of sp³-hybridized carbons (Fsp3) is 0.149. The van der Waals surface area contributed by atoms with E-state index in [-0.39, 0.29) is 27.0 Å². The molecular formula is C47H40BIrN5-2. The summed E-state index contributed by atoms with van der Waals surface area (Å²) in [7, 11) is 2.19. The predicted octanol–water partition coefficient (Wildman–Crippen LogP) is 9.69. The van der Waals surface area contributed by atoms with Gasteiger partial charge in [0.2, 0.25) is 0 Å². The molecule has 267 valence electrons. The van der Waals surface area contributed by atoms with E-state index in [1.165, 1.54) is 54.8 Å². The molecule has 5 nitrogen and oxygen atoms in total. The maximum absolute atomic E-state index is 5.21. The van der Waals surface area contributed by atoms with Gasteiger partial charge < -0.3 is 13.8 Å². The normalized spacial score (nSPS) is 12.6. The van der Waals surface area contributed by atoms with Gasteiger partial charge in [0.1, 0.15) is 5.82 Å². The van der Waals surface area contributed by atoms with Gasteiger partial charge >= 0.3 is 6.85 Å². The van der Waals surface area contributed by atoms with Crippen LogP contribution < -0.4 is 11.1 Å². The second kappa shape index (κ2) is 14.4. The molecule has 1 radical (unpaired) electrons. The molecule has 5 heterocycles. The fourth-order valence-electron chi connectivity index (χ4n) is 8.29. The molecule has 0 aliphatic carbocycles. The number of rotatable bonds is 4. The first-order chi connectivity index (χ1) is 25.9. The van der Waals surface area contributed by atoms with Crippen LogP contribution in [0.2, 0.25) is 0 Å². The molecule has 0 saturated carbocycles. The standard InChI is InChI=1S/C30H29BN3.C17H11N2.Ir/c1-19(2)21-14-10-15-22(20(3)4)28(21)31-29-26(17-18-33(31)5)32-30-25-13-7-6-11-23(25)24-12-8-9-16-27(24)34(29)30;1-3-9-15-13(7-1)14-8-2-4-10-16(14)19(15)17-11-5-6-12-18-17;/h6-12,14-20H,1-5H3;1-9,11-12H;/q2*-1;. The smallest absolute Gasteiger partial charge is 0.343 e. The Hall–Kier alpha value is -5.49. The zero-order valence-electron chi connectivity index (χ0n) is 31.1. The minimum Gasteiger partial charge on any atom is -0.414 e. The van der Waals surface area contributed by atoms with Crippen molar-refractivity contribution < 1.29 is 20.1 Å². The third-order valence-corrected chi connectivity index (χ3v) is 10.7. The van der Waals surface area contributed by atoms with Gasteiger partial charge in [0.25, 0.3) is 0 Å². The molecule has 10 rings (SSSR count). The van der Waals surface area contributed by atoms with E-state index in [1.54, 1.807) is 0 Å². The van der Waals surface area contributed by atoms with Crippen molar-refractivity contribution in [3.05, 3.63) is 163 Å². The van der Waals surface area contributed by atoms with Gasteiger partial charge in [-0.05, 0) is 82.8 Å². The van der Waals surface area contributed by atoms with Crippen LogP contribution in [-0.4, -0.2) is 37.6 Å². The minimum atomic E-state index is 0. The Morgan fingerprint density at radius 2 is 1.28 bits per heavy atom. The second-order valence-corrected chi connectivity index (χ2v) is 14.5. The summed E-state index contributed by atoms with van der Waals surface area (Å²) in [5.74, 6) is 1.79. The van der Waals surface area contributed by atoms with E-state index < -0.39 is 0 Å². The number of hydrogen-bond donors (Lipinski definition) is 0. The van der Waals surface area contributed by atoms with Crippen LogP contribution in [0.1, 0.15) is 56.4 Å². The van der Waals surface area contributed by atoms with E-state index in [0.29, 0.717) is 11.8 Å². The summed E-state index contributed by atoms with van der Waals surface area (Å²) in [5, 5.41) is 5.96. The van der Waals surface area contributed by atoms with Crippen LogP contribution in [0.5, 0.6) is 0 Å². The number of aromatic nitrogens is 4. The van der Waals surface area contributed by atoms with Crippen molar-refractivity contribution in [1.82, 2.24) is 23.7 Å². The SMILES string of the molecule is CC(C)c1cccc(C(C)C)c1B1c2c(nc3c4[c-]cccc4c4ccccc4n23)C=CN1C.[Ir].[c-]1cccc2c3ccccc3n(-c3ccccn3)c12. The average molecular weight is 878 g/mol. The summed E-state index contributed by atoms with van der Waals surface area (Å²) in [6, 6.07) is 49.1. The molecular weight excluding hydrogens is 838 g/mol. The summed E-state index contributed by atoms with van der Waals surface area (Å²) in [5.41, 5.74) is 10.9. The monoisotopic (exact) mass is 878 g/mol. The largest absolute Gasteiger partial charge is 0.414 e. The fourth-order valence-corrected chi connectivity index (χ4v) is 8.29. The van der Waals surface area contributed by atoms with Crippen LogP contribution in [0.4, 0.5) is 0 Å². The Kier molecular flexibility index (Phi) is 9.47. The van der Waals surface area contributed by atoms with E-state index in [9.17, 15) is 0 Å². The molecule has 0 fully saturated rings. The molecule has 7 heteroatoms. The molecule has 0 amide bonds. The number of hydrogen-bond acceptors (Lipinski definition) is 3. The Morgan fingerprint density at radius 3 is 1.98 bits per heavy atom. The Balaban J connectivity index is 0.000000175. The first-order valence-electron chi connectivity index (χ1n) is 18.5. The Bertz CT molecular complexity index is 2750. The molecule has 0 bridgehead atoms. The molecule has 0 atom stereocenters. The van der Waals surface area contributed by atoms with Crippen molar-refractivity contribution in [2.75, 3.05) is 7.05 Å². The first-order valence-corrected chi connectivity index (χ1v) is 18.5. The molecule has 4 aromatic heterocycles. The summed E-state index contributed by atoms with van der Waals surface area (Å²) in [4.78, 5) is 12.0. The topological polar surface area (TPSA) is 38.4 Å². The molecule has 5 aromatic carbocycles. The van der Waals surface area contributed by atoms with Crippen LogP contribution in [0.15, 0.2) is 134 Å². The van der Waals surface area contributed by atoms with Crippen LogP contribution >= 0.6 is 0 Å². The zero-order chi connectivity index (χ0) is 36.2. The van der Waals surface area contributed by atoms with Crippen molar-refractivity contribution in [3.63, 3.8) is 0 Å². The molecule has 1 aliphatic heterocycles. The zero-order valence-corrected chi connectivity index (χ0v) is 33.5. The number of fused-ring (bicyclic) bond motifs is 11. The number of benzene rings is 5. The molecule has 9 aromatic rings. The molecule has 0 unspecified atom stereocenters. The quantitative estimate of drug-likeness (QED) is 0.101. The summed E-state index contributed by atoms with van der Waals surface area (Å²) >= 11 is 0. The molecule has 0 spiro atoms. The van der Waals surface area contributed by atoms with Crippen molar-refractivity contribution in [3.8, 4) is 5.82 Å². The number of nitrogens with zero attached hydrogens (tertiary/aromatic N) is 5. The van der Waals surface area contributed by atoms with Crippen LogP contribution in [-0.2, 0) is 20.1 Å². The minimum absolute atomic E-state index is 0. The average Bonchev–Trinajstić information content (AvgIpc) is 3.75. The van der Waals surface area contributed by atoms with Gasteiger partial charge in [0, 0.05) is 42.9 Å². The van der Waals surface area contributed by atoms with Crippen molar-refractivity contribution >= 4 is 73.1 Å². The summed E-state index contributed by atoms with van der Waals surface area (Å²) < 4.78 is 4.56. The summed E-state index contributed by atoms with van der Waals surface area (Å²) in [6.45, 7) is 9.28. The van der Waals surface area contributed by atoms with E-state index in [0.717, 1.165) is 28.1 Å². The first kappa shape index (κ1) is 35.5. The van der Waals surface area contributed by atoms with Gasteiger partial charge in [-0.2, -0.15) is 24.3 Å². The second-order valence-electron chi connectivity index (χ2n) is 14.5. The van der Waals surface area contributed by atoms with Crippen molar-refractivity contribution in [2.24, 2.45) is 0 Å². The summed E-state index contributed by atoms with van der Waals surface area (Å²) in [6.07, 6.45) is 6.17. The van der Waals surface area contributed by atoms with E-state index in [2.05, 4.69) is 163 Å². The third kappa shape index (κ3) is 5.74. The van der Waals surface area contributed by atoms with Crippen molar-refractivity contribution in [1.29, 1.82) is 0 Å². The third-order valence-electron chi connectivity index (χ3n) is 10.7. The maximum Gasteiger partial charge on any atom is 0.343 e. The van der Waals surface area contributed by atoms with Crippen LogP contribution in [0.3, 0.4) is 0 Å². The van der Waals surface area contributed by atoms with Gasteiger partial charge in [-0.3, -0.25) is 4.98 Å². The van der Waals surface area contributed by atoms with E-state index in [4.69, 9.17) is 4.98 Å². The van der Waals surface area contributed by atoms with Gasteiger partial charge in [-0.1, -0.05) is 99.3 Å². The van der Waals surface area contributed by atoms with Gasteiger partial charge in [0.05, 0.1) is 11.3 Å². The van der Waals surface area contributed by atoms with Crippen LogP contribution in [0.25, 0.3) is 61.0 Å². The van der Waals surface area contributed by atoms with Gasteiger partial charge in [-0.25, -0.2) is 4.98 Å². The van der Waals surface area contributed by atoms with Gasteiger partial charge in [0.15, 0.2) is 0 Å². The number of para-hydroxylation sites is 3. The number of pyridine rings is 2.